The molecule has 0 spiro atoms. The third kappa shape index (κ3) is 1.25. The highest BCUT2D eigenvalue weighted by Crippen LogP contribution is 2.28. The van der Waals surface area contributed by atoms with Crippen LogP contribution in [-0.4, -0.2) is 4.98 Å². The highest BCUT2D eigenvalue weighted by atomic mass is 16.5. The van der Waals surface area contributed by atoms with Crippen LogP contribution < -0.4 is 15.2 Å². The molecule has 1 N–H and O–H groups in total. The van der Waals surface area contributed by atoms with E-state index in [0.29, 0.717) is 5.82 Å². The van der Waals surface area contributed by atoms with Crippen molar-refractivity contribution in [3.63, 3.8) is 0 Å². The molecule has 0 unspecified atom stereocenters. The molecule has 0 saturated heterocycles. The van der Waals surface area contributed by atoms with E-state index < -0.39 is 0 Å². The number of anilines is 1. The molecule has 0 radical (unpaired) electrons. The molecule has 3 rings (SSSR count). The molecule has 1 aliphatic carbocycles. The van der Waals surface area contributed by atoms with E-state index in [0.717, 1.165) is 16.8 Å². The highest BCUT2D eigenvalue weighted by molar-refractivity contribution is 5.55. The molecule has 0 aromatic carbocycles. The van der Waals surface area contributed by atoms with Gasteiger partial charge in [0.25, 0.3) is 0 Å². The smallest absolute Gasteiger partial charge is 0.327 e. The van der Waals surface area contributed by atoms with Crippen molar-refractivity contribution < 1.29 is 4.73 Å². The molecule has 1 aliphatic heterocycles. The van der Waals surface area contributed by atoms with Gasteiger partial charge in [-0.3, -0.25) is 4.98 Å². The van der Waals surface area contributed by atoms with Crippen molar-refractivity contribution in [3.05, 3.63) is 59.5 Å². The molecule has 16 heavy (non-hydrogen) atoms. The Balaban J connectivity index is 2.02. The van der Waals surface area contributed by atoms with Gasteiger partial charge in [-0.25, -0.2) is 10.2 Å². The van der Waals surface area contributed by atoms with E-state index in [-0.39, 0.29) is 0 Å². The van der Waals surface area contributed by atoms with E-state index in [1.54, 1.807) is 5.01 Å². The van der Waals surface area contributed by atoms with E-state index >= 15 is 0 Å². The Morgan fingerprint density at radius 2 is 2.44 bits per heavy atom. The predicted molar refractivity (Wildman–Crippen MR) is 58.7 cm³/mol. The van der Waals surface area contributed by atoms with Crippen molar-refractivity contribution in [1.82, 2.24) is 10.4 Å². The number of hydrogen-bond donors (Lipinski definition) is 1. The Morgan fingerprint density at radius 3 is 3.31 bits per heavy atom. The lowest BCUT2D eigenvalue weighted by Gasteiger charge is -2.17. The molecule has 0 fully saturated rings. The van der Waals surface area contributed by atoms with Gasteiger partial charge in [-0.2, -0.15) is 0 Å². The second-order valence-corrected chi connectivity index (χ2v) is 3.58. The average molecular weight is 214 g/mol. The summed E-state index contributed by atoms with van der Waals surface area (Å²) < 4.78 is 0.788. The molecule has 5 heteroatoms. The van der Waals surface area contributed by atoms with Gasteiger partial charge in [0.15, 0.2) is 5.70 Å². The fourth-order valence-corrected chi connectivity index (χ4v) is 1.82. The summed E-state index contributed by atoms with van der Waals surface area (Å²) in [6.07, 6.45) is 13.2. The van der Waals surface area contributed by atoms with Gasteiger partial charge in [0, 0.05) is 11.8 Å². The third-order valence-corrected chi connectivity index (χ3v) is 2.60. The second-order valence-electron chi connectivity index (χ2n) is 3.58. The molecule has 0 bridgehead atoms. The fraction of sp³-hybridized carbons (Fsp3) is 0.0909. The van der Waals surface area contributed by atoms with Crippen LogP contribution in [0.25, 0.3) is 0 Å². The predicted octanol–water partition coefficient (Wildman–Crippen LogP) is 0.767. The van der Waals surface area contributed by atoms with Crippen LogP contribution >= 0.6 is 0 Å². The van der Waals surface area contributed by atoms with E-state index in [9.17, 15) is 5.21 Å². The molecule has 0 atom stereocenters. The van der Waals surface area contributed by atoms with Crippen LogP contribution in [0.4, 0.5) is 5.82 Å². The van der Waals surface area contributed by atoms with E-state index in [2.05, 4.69) is 16.5 Å². The molecule has 1 aromatic heterocycles. The zero-order chi connectivity index (χ0) is 11.0. The summed E-state index contributed by atoms with van der Waals surface area (Å²) in [4.78, 5) is 3.96. The molecule has 0 amide bonds. The van der Waals surface area contributed by atoms with Gasteiger partial charge in [0.05, 0.1) is 6.20 Å². The topological polar surface area (TPSA) is 55.1 Å². The Labute approximate surface area is 92.6 Å². The van der Waals surface area contributed by atoms with Crippen molar-refractivity contribution in [2.45, 2.75) is 6.42 Å². The molecular weight excluding hydrogens is 204 g/mol. The van der Waals surface area contributed by atoms with Crippen molar-refractivity contribution in [3.8, 4) is 0 Å². The maximum absolute atomic E-state index is 11.6. The number of nitrogens with zero attached hydrogens (tertiary/aromatic N) is 3. The first-order valence-electron chi connectivity index (χ1n) is 5.02. The number of hydrogen-bond acceptors (Lipinski definition) is 4. The number of rotatable bonds is 1. The van der Waals surface area contributed by atoms with Gasteiger partial charge in [0.2, 0.25) is 0 Å². The molecule has 2 heterocycles. The Bertz CT molecular complexity index is 518. The molecule has 5 nitrogen and oxygen atoms in total. The zero-order valence-electron chi connectivity index (χ0n) is 8.50. The normalized spacial score (nSPS) is 17.6. The summed E-state index contributed by atoms with van der Waals surface area (Å²) in [7, 11) is 0. The van der Waals surface area contributed by atoms with Crippen molar-refractivity contribution in [2.75, 3.05) is 5.01 Å². The minimum atomic E-state index is 0.468. The third-order valence-electron chi connectivity index (χ3n) is 2.60. The molecule has 0 saturated carbocycles. The summed E-state index contributed by atoms with van der Waals surface area (Å²) in [5.41, 5.74) is 5.23. The zero-order valence-corrected chi connectivity index (χ0v) is 8.50. The lowest BCUT2D eigenvalue weighted by atomic mass is 10.1. The number of aromatic nitrogens is 2. The van der Waals surface area contributed by atoms with Crippen LogP contribution in [0.2, 0.25) is 0 Å². The largest absolute Gasteiger partial charge is 0.710 e. The second kappa shape index (κ2) is 3.37. The standard InChI is InChI=1S/C11H10N4O/c16-14-6-5-12-8-11(14)15-10-4-2-1-3-9(10)7-13-15/h1-2,4-8,13H,3H2. The Kier molecular flexibility index (Phi) is 1.89. The minimum Gasteiger partial charge on any atom is -0.710 e. The van der Waals surface area contributed by atoms with Gasteiger partial charge < -0.3 is 5.21 Å². The average Bonchev–Trinajstić information content (AvgIpc) is 2.74. The first-order chi connectivity index (χ1) is 7.86. The van der Waals surface area contributed by atoms with Gasteiger partial charge in [-0.05, 0) is 12.5 Å². The quantitative estimate of drug-likeness (QED) is 0.554. The summed E-state index contributed by atoms with van der Waals surface area (Å²) in [5.74, 6) is 0.468. The number of nitrogens with one attached hydrogen (secondary N) is 1. The van der Waals surface area contributed by atoms with Gasteiger partial charge in [-0.1, -0.05) is 12.2 Å². The van der Waals surface area contributed by atoms with Gasteiger partial charge >= 0.3 is 5.82 Å². The SMILES string of the molecule is [O-][n+]1ccncc1N1NC=C2CC=CC=C21. The maximum Gasteiger partial charge on any atom is 0.327 e. The lowest BCUT2D eigenvalue weighted by molar-refractivity contribution is -0.592. The van der Waals surface area contributed by atoms with Crippen LogP contribution in [0.1, 0.15) is 6.42 Å². The fourth-order valence-electron chi connectivity index (χ4n) is 1.82. The summed E-state index contributed by atoms with van der Waals surface area (Å²) in [6, 6.07) is 0. The molecule has 1 aromatic rings. The monoisotopic (exact) mass is 214 g/mol. The van der Waals surface area contributed by atoms with Crippen LogP contribution in [-0.2, 0) is 0 Å². The number of hydrazine groups is 1. The Hall–Kier alpha value is -2.30. The summed E-state index contributed by atoms with van der Waals surface area (Å²) in [6.45, 7) is 0. The van der Waals surface area contributed by atoms with Crippen LogP contribution in [0.15, 0.2) is 54.3 Å². The van der Waals surface area contributed by atoms with E-state index in [4.69, 9.17) is 0 Å². The van der Waals surface area contributed by atoms with E-state index in [1.165, 1.54) is 24.2 Å². The van der Waals surface area contributed by atoms with Gasteiger partial charge in [-0.15, -0.1) is 5.01 Å². The molecule has 2 aliphatic rings. The molecular formula is C11H10N4O. The number of allylic oxidation sites excluding steroid dienone is 4. The minimum absolute atomic E-state index is 0.468. The van der Waals surface area contributed by atoms with Crippen molar-refractivity contribution in [2.24, 2.45) is 0 Å². The van der Waals surface area contributed by atoms with Crippen molar-refractivity contribution >= 4 is 5.82 Å². The van der Waals surface area contributed by atoms with Crippen molar-refractivity contribution in [1.29, 1.82) is 0 Å². The first kappa shape index (κ1) is 8.96. The van der Waals surface area contributed by atoms with Gasteiger partial charge in [0.1, 0.15) is 12.4 Å². The van der Waals surface area contributed by atoms with Crippen LogP contribution in [0.5, 0.6) is 0 Å². The molecule has 80 valence electrons. The van der Waals surface area contributed by atoms with Crippen LogP contribution in [0.3, 0.4) is 0 Å². The lowest BCUT2D eigenvalue weighted by Crippen LogP contribution is -2.40. The Morgan fingerprint density at radius 1 is 1.50 bits per heavy atom. The van der Waals surface area contributed by atoms with Crippen LogP contribution in [0, 0.1) is 5.21 Å². The summed E-state index contributed by atoms with van der Waals surface area (Å²) in [5, 5.41) is 13.3. The summed E-state index contributed by atoms with van der Waals surface area (Å²) >= 11 is 0. The van der Waals surface area contributed by atoms with E-state index in [1.807, 2.05) is 18.4 Å². The number of fused-ring (bicyclic) bond motifs is 1. The first-order valence-corrected chi connectivity index (χ1v) is 5.02. The highest BCUT2D eigenvalue weighted by Gasteiger charge is 2.30. The maximum atomic E-state index is 11.6.